The second kappa shape index (κ2) is 8.51. The van der Waals surface area contributed by atoms with Crippen molar-refractivity contribution < 1.29 is 17.9 Å². The number of carbonyl (C=O) groups excluding carboxylic acids is 1. The largest absolute Gasteiger partial charge is 0.492 e. The smallest absolute Gasteiger partial charge is 0.321 e. The number of hydrogen-bond acceptors (Lipinski definition) is 4. The van der Waals surface area contributed by atoms with Crippen LogP contribution in [0.4, 0.5) is 10.5 Å². The van der Waals surface area contributed by atoms with Crippen molar-refractivity contribution in [2.24, 2.45) is 5.41 Å². The first-order valence-corrected chi connectivity index (χ1v) is 12.1. The average molecular weight is 444 g/mol. The van der Waals surface area contributed by atoms with Crippen LogP contribution in [-0.2, 0) is 16.4 Å². The summed E-state index contributed by atoms with van der Waals surface area (Å²) in [5.74, 6) is 0.393. The number of likely N-dealkylation sites (tertiary alicyclic amines) is 1. The molecule has 0 unspecified atom stereocenters. The highest BCUT2D eigenvalue weighted by Crippen LogP contribution is 2.38. The van der Waals surface area contributed by atoms with E-state index in [1.54, 1.807) is 36.2 Å². The van der Waals surface area contributed by atoms with Gasteiger partial charge in [-0.05, 0) is 49.1 Å². The summed E-state index contributed by atoms with van der Waals surface area (Å²) in [5, 5.41) is 2.96. The summed E-state index contributed by atoms with van der Waals surface area (Å²) in [5.41, 5.74) is 1.68. The number of ether oxygens (including phenoxy) is 1. The van der Waals surface area contributed by atoms with Gasteiger partial charge in [0.25, 0.3) is 0 Å². The molecule has 1 spiro atoms. The zero-order chi connectivity index (χ0) is 22.1. The third-order valence-corrected chi connectivity index (χ3v) is 8.20. The van der Waals surface area contributed by atoms with Gasteiger partial charge < -0.3 is 15.0 Å². The maximum atomic E-state index is 13.0. The lowest BCUT2D eigenvalue weighted by molar-refractivity contribution is 0.0514. The van der Waals surface area contributed by atoms with Gasteiger partial charge in [0.1, 0.15) is 10.6 Å². The van der Waals surface area contributed by atoms with Gasteiger partial charge in [0.15, 0.2) is 0 Å². The van der Waals surface area contributed by atoms with E-state index in [0.717, 1.165) is 12.1 Å². The highest BCUT2D eigenvalue weighted by atomic mass is 32.2. The number of piperidine rings is 1. The molecule has 0 aliphatic carbocycles. The van der Waals surface area contributed by atoms with Crippen LogP contribution in [0.15, 0.2) is 53.4 Å². The number of anilines is 1. The van der Waals surface area contributed by atoms with E-state index in [0.29, 0.717) is 44.8 Å². The Morgan fingerprint density at radius 3 is 2.45 bits per heavy atom. The van der Waals surface area contributed by atoms with Crippen molar-refractivity contribution in [1.29, 1.82) is 0 Å². The van der Waals surface area contributed by atoms with Gasteiger partial charge in [0.05, 0.1) is 6.61 Å². The Morgan fingerprint density at radius 2 is 1.77 bits per heavy atom. The van der Waals surface area contributed by atoms with Gasteiger partial charge in [-0.3, -0.25) is 0 Å². The first-order valence-electron chi connectivity index (χ1n) is 10.7. The molecule has 0 bridgehead atoms. The zero-order valence-corrected chi connectivity index (χ0v) is 18.8. The van der Waals surface area contributed by atoms with Crippen LogP contribution >= 0.6 is 0 Å². The minimum absolute atomic E-state index is 0.128. The molecule has 7 nitrogen and oxygen atoms in total. The molecular weight excluding hydrogens is 414 g/mol. The molecule has 0 saturated carbocycles. The van der Waals surface area contributed by atoms with Crippen molar-refractivity contribution in [3.63, 3.8) is 0 Å². The molecule has 0 atom stereocenters. The fourth-order valence-electron chi connectivity index (χ4n) is 4.30. The quantitative estimate of drug-likeness (QED) is 0.770. The maximum absolute atomic E-state index is 13.0. The second-order valence-electron chi connectivity index (χ2n) is 8.46. The molecule has 1 saturated heterocycles. The van der Waals surface area contributed by atoms with Crippen molar-refractivity contribution in [2.45, 2.75) is 31.1 Å². The van der Waals surface area contributed by atoms with E-state index in [1.807, 2.05) is 24.3 Å². The summed E-state index contributed by atoms with van der Waals surface area (Å²) < 4.78 is 33.4. The maximum Gasteiger partial charge on any atom is 0.321 e. The number of nitrogens with zero attached hydrogens (tertiary/aromatic N) is 2. The molecule has 4 rings (SSSR count). The number of fused-ring (bicyclic) bond motifs is 1. The highest BCUT2D eigenvalue weighted by molar-refractivity contribution is 7.89. The Morgan fingerprint density at radius 1 is 1.10 bits per heavy atom. The summed E-state index contributed by atoms with van der Waals surface area (Å²) >= 11 is 0. The Bertz CT molecular complexity index is 1040. The van der Waals surface area contributed by atoms with E-state index in [4.69, 9.17) is 4.74 Å². The summed E-state index contributed by atoms with van der Waals surface area (Å²) in [6, 6.07) is 14.5. The Hall–Kier alpha value is -2.58. The summed E-state index contributed by atoms with van der Waals surface area (Å²) in [7, 11) is -1.99. The van der Waals surface area contributed by atoms with Crippen LogP contribution < -0.4 is 10.1 Å². The van der Waals surface area contributed by atoms with Crippen molar-refractivity contribution in [2.75, 3.05) is 38.6 Å². The molecule has 2 aliphatic rings. The number of rotatable bonds is 2. The predicted octanol–water partition coefficient (Wildman–Crippen LogP) is 3.58. The van der Waals surface area contributed by atoms with Crippen LogP contribution in [0.3, 0.4) is 0 Å². The molecule has 8 heteroatoms. The highest BCUT2D eigenvalue weighted by Gasteiger charge is 2.42. The van der Waals surface area contributed by atoms with Crippen LogP contribution in [0, 0.1) is 5.41 Å². The number of aryl methyl sites for hydroxylation is 1. The zero-order valence-electron chi connectivity index (χ0n) is 18.0. The number of para-hydroxylation sites is 1. The minimum Gasteiger partial charge on any atom is -0.492 e. The van der Waals surface area contributed by atoms with E-state index in [1.165, 1.54) is 9.87 Å². The van der Waals surface area contributed by atoms with Crippen molar-refractivity contribution in [1.82, 2.24) is 9.21 Å². The van der Waals surface area contributed by atoms with Gasteiger partial charge in [-0.2, -0.15) is 0 Å². The van der Waals surface area contributed by atoms with Crippen LogP contribution in [0.25, 0.3) is 0 Å². The molecule has 2 aliphatic heterocycles. The summed E-state index contributed by atoms with van der Waals surface area (Å²) in [6.07, 6.45) is 2.31. The standard InChI is InChI=1S/C23H29N3O4S/c1-3-18-8-10-19(11-9-18)24-22(27)26-14-12-23(13-15-26)16-25(2)31(28,29)21-7-5-4-6-20(21)30-17-23/h4-11H,3,12-17H2,1-2H3,(H,24,27). The fraction of sp³-hybridized carbons (Fsp3) is 0.435. The number of carbonyl (C=O) groups is 1. The Balaban J connectivity index is 1.44. The molecule has 1 fully saturated rings. The lowest BCUT2D eigenvalue weighted by atomic mass is 9.79. The van der Waals surface area contributed by atoms with Crippen LogP contribution in [0.2, 0.25) is 0 Å². The van der Waals surface area contributed by atoms with Crippen molar-refractivity contribution >= 4 is 21.7 Å². The monoisotopic (exact) mass is 443 g/mol. The number of hydrogen-bond donors (Lipinski definition) is 1. The van der Waals surface area contributed by atoms with Gasteiger partial charge in [0, 0.05) is 37.8 Å². The van der Waals surface area contributed by atoms with Crippen LogP contribution in [0.1, 0.15) is 25.3 Å². The average Bonchev–Trinajstić information content (AvgIpc) is 2.78. The molecule has 0 aromatic heterocycles. The summed E-state index contributed by atoms with van der Waals surface area (Å²) in [4.78, 5) is 14.7. The van der Waals surface area contributed by atoms with Crippen LogP contribution in [0.5, 0.6) is 5.75 Å². The number of benzene rings is 2. The summed E-state index contributed by atoms with van der Waals surface area (Å²) in [6.45, 7) is 4.00. The predicted molar refractivity (Wildman–Crippen MR) is 120 cm³/mol. The number of nitrogens with one attached hydrogen (secondary N) is 1. The third-order valence-electron chi connectivity index (χ3n) is 6.35. The number of sulfonamides is 1. The lowest BCUT2D eigenvalue weighted by Crippen LogP contribution is -2.52. The molecular formula is C23H29N3O4S. The Kier molecular flexibility index (Phi) is 5.94. The van der Waals surface area contributed by atoms with Gasteiger partial charge >= 0.3 is 6.03 Å². The first kappa shape index (κ1) is 21.6. The second-order valence-corrected chi connectivity index (χ2v) is 10.5. The van der Waals surface area contributed by atoms with Crippen molar-refractivity contribution in [3.8, 4) is 5.75 Å². The van der Waals surface area contributed by atoms with E-state index < -0.39 is 10.0 Å². The molecule has 2 aromatic carbocycles. The minimum atomic E-state index is -3.62. The van der Waals surface area contributed by atoms with Gasteiger partial charge in [0.2, 0.25) is 10.0 Å². The molecule has 2 amide bonds. The number of urea groups is 1. The van der Waals surface area contributed by atoms with E-state index in [2.05, 4.69) is 12.2 Å². The third kappa shape index (κ3) is 4.41. The molecule has 166 valence electrons. The molecule has 2 aromatic rings. The fourth-order valence-corrected chi connectivity index (χ4v) is 5.71. The van der Waals surface area contributed by atoms with Gasteiger partial charge in [-0.25, -0.2) is 17.5 Å². The van der Waals surface area contributed by atoms with E-state index in [-0.39, 0.29) is 16.3 Å². The topological polar surface area (TPSA) is 79.0 Å². The van der Waals surface area contributed by atoms with E-state index in [9.17, 15) is 13.2 Å². The first-order chi connectivity index (χ1) is 14.8. The van der Waals surface area contributed by atoms with E-state index >= 15 is 0 Å². The van der Waals surface area contributed by atoms with Crippen molar-refractivity contribution in [3.05, 3.63) is 54.1 Å². The van der Waals surface area contributed by atoms with Crippen LogP contribution in [-0.4, -0.2) is 56.9 Å². The molecule has 1 N–H and O–H groups in total. The van der Waals surface area contributed by atoms with Gasteiger partial charge in [-0.1, -0.05) is 31.2 Å². The molecule has 0 radical (unpaired) electrons. The normalized spacial score (nSPS) is 20.3. The lowest BCUT2D eigenvalue weighted by Gasteiger charge is -2.44. The number of amides is 2. The Labute approximate surface area is 184 Å². The SMILES string of the molecule is CCc1ccc(NC(=O)N2CCC3(CC2)COc2ccccc2S(=O)(=O)N(C)C3)cc1. The molecule has 2 heterocycles. The molecule has 31 heavy (non-hydrogen) atoms. The van der Waals surface area contributed by atoms with Gasteiger partial charge in [-0.15, -0.1) is 0 Å².